The third kappa shape index (κ3) is 3.90. The molecule has 0 aliphatic carbocycles. The van der Waals surface area contributed by atoms with Crippen LogP contribution in [0.15, 0.2) is 48.5 Å². The zero-order valence-corrected chi connectivity index (χ0v) is 12.1. The zero-order chi connectivity index (χ0) is 15.4. The maximum Gasteiger partial charge on any atom is 0.270 e. The molecular weight excluding hydrogens is 313 g/mol. The van der Waals surface area contributed by atoms with Gasteiger partial charge in [-0.15, -0.1) is 0 Å². The van der Waals surface area contributed by atoms with Crippen LogP contribution in [0.25, 0.3) is 6.08 Å². The summed E-state index contributed by atoms with van der Waals surface area (Å²) in [6.45, 7) is 0. The van der Waals surface area contributed by atoms with Gasteiger partial charge >= 0.3 is 0 Å². The van der Waals surface area contributed by atoms with Gasteiger partial charge in [0.1, 0.15) is 0 Å². The van der Waals surface area contributed by atoms with Crippen molar-refractivity contribution in [3.63, 3.8) is 0 Å². The Kier molecular flexibility index (Phi) is 4.73. The fourth-order valence-electron chi connectivity index (χ4n) is 1.66. The molecule has 0 saturated carbocycles. The third-order valence-electron chi connectivity index (χ3n) is 2.71. The topological polar surface area (TPSA) is 60.2 Å². The molecule has 2 aromatic carbocycles. The maximum absolute atomic E-state index is 12.0. The summed E-state index contributed by atoms with van der Waals surface area (Å²) >= 11 is 11.7. The number of hydrogen-bond donors (Lipinski definition) is 0. The standard InChI is InChI=1S/C15H9Cl2NO3/c16-13-6-4-10(8-14(13)17)5-7-15(19)11-2-1-3-12(9-11)18(20)21/h1-9H/b7-5+. The fraction of sp³-hybridized carbons (Fsp3) is 0. The van der Waals surface area contributed by atoms with Crippen molar-refractivity contribution in [2.45, 2.75) is 0 Å². The first kappa shape index (κ1) is 15.2. The molecule has 0 saturated heterocycles. The summed E-state index contributed by atoms with van der Waals surface area (Å²) < 4.78 is 0. The minimum Gasteiger partial charge on any atom is -0.289 e. The molecular formula is C15H9Cl2NO3. The number of nitrogens with zero attached hydrogens (tertiary/aromatic N) is 1. The second kappa shape index (κ2) is 6.52. The highest BCUT2D eigenvalue weighted by Crippen LogP contribution is 2.23. The number of carbonyl (C=O) groups is 1. The molecule has 0 N–H and O–H groups in total. The Labute approximate surface area is 130 Å². The number of carbonyl (C=O) groups excluding carboxylic acids is 1. The van der Waals surface area contributed by atoms with Crippen LogP contribution in [0.4, 0.5) is 5.69 Å². The molecule has 106 valence electrons. The number of nitro groups is 1. The molecule has 0 aliphatic rings. The van der Waals surface area contributed by atoms with Crippen LogP contribution < -0.4 is 0 Å². The van der Waals surface area contributed by atoms with E-state index in [0.717, 1.165) is 0 Å². The number of nitro benzene ring substituents is 1. The van der Waals surface area contributed by atoms with Crippen molar-refractivity contribution in [3.05, 3.63) is 79.8 Å². The third-order valence-corrected chi connectivity index (χ3v) is 3.45. The maximum atomic E-state index is 12.0. The summed E-state index contributed by atoms with van der Waals surface area (Å²) in [7, 11) is 0. The van der Waals surface area contributed by atoms with Gasteiger partial charge in [0.2, 0.25) is 0 Å². The monoisotopic (exact) mass is 321 g/mol. The number of allylic oxidation sites excluding steroid dienone is 1. The first-order valence-corrected chi connectivity index (χ1v) is 6.65. The summed E-state index contributed by atoms with van der Waals surface area (Å²) in [4.78, 5) is 22.1. The van der Waals surface area contributed by atoms with E-state index in [9.17, 15) is 14.9 Å². The second-order valence-electron chi connectivity index (χ2n) is 4.18. The SMILES string of the molecule is O=C(/C=C/c1ccc(Cl)c(Cl)c1)c1cccc([N+](=O)[O-])c1. The van der Waals surface area contributed by atoms with Gasteiger partial charge in [-0.2, -0.15) is 0 Å². The van der Waals surface area contributed by atoms with Gasteiger partial charge in [-0.3, -0.25) is 14.9 Å². The molecule has 0 radical (unpaired) electrons. The lowest BCUT2D eigenvalue weighted by Gasteiger charge is -1.98. The lowest BCUT2D eigenvalue weighted by atomic mass is 10.1. The second-order valence-corrected chi connectivity index (χ2v) is 4.99. The molecule has 2 aromatic rings. The van der Waals surface area contributed by atoms with Crippen molar-refractivity contribution in [2.24, 2.45) is 0 Å². The molecule has 21 heavy (non-hydrogen) atoms. The van der Waals surface area contributed by atoms with Crippen molar-refractivity contribution >= 4 is 40.7 Å². The van der Waals surface area contributed by atoms with E-state index in [0.29, 0.717) is 15.6 Å². The number of non-ortho nitro benzene ring substituents is 1. The highest BCUT2D eigenvalue weighted by atomic mass is 35.5. The molecule has 0 spiro atoms. The average molecular weight is 322 g/mol. The molecule has 0 aromatic heterocycles. The predicted octanol–water partition coefficient (Wildman–Crippen LogP) is 4.80. The van der Waals surface area contributed by atoms with E-state index in [1.165, 1.54) is 30.3 Å². The van der Waals surface area contributed by atoms with E-state index >= 15 is 0 Å². The van der Waals surface area contributed by atoms with Crippen molar-refractivity contribution in [1.82, 2.24) is 0 Å². The van der Waals surface area contributed by atoms with E-state index in [1.807, 2.05) is 0 Å². The van der Waals surface area contributed by atoms with Crippen molar-refractivity contribution in [1.29, 1.82) is 0 Å². The van der Waals surface area contributed by atoms with Gasteiger partial charge in [-0.25, -0.2) is 0 Å². The first-order valence-electron chi connectivity index (χ1n) is 5.89. The van der Waals surface area contributed by atoms with Crippen LogP contribution in [-0.2, 0) is 0 Å². The van der Waals surface area contributed by atoms with E-state index < -0.39 is 4.92 Å². The Bertz CT molecular complexity index is 741. The summed E-state index contributed by atoms with van der Waals surface area (Å²) in [5, 5.41) is 11.5. The highest BCUT2D eigenvalue weighted by Gasteiger charge is 2.09. The first-order chi connectivity index (χ1) is 9.97. The normalized spacial score (nSPS) is 10.8. The molecule has 0 heterocycles. The van der Waals surface area contributed by atoms with Crippen LogP contribution in [0, 0.1) is 10.1 Å². The van der Waals surface area contributed by atoms with Crippen molar-refractivity contribution in [2.75, 3.05) is 0 Å². The molecule has 0 unspecified atom stereocenters. The van der Waals surface area contributed by atoms with Crippen LogP contribution >= 0.6 is 23.2 Å². The number of rotatable bonds is 4. The minimum atomic E-state index is -0.542. The molecule has 0 aliphatic heterocycles. The van der Waals surface area contributed by atoms with Gasteiger partial charge < -0.3 is 0 Å². The van der Waals surface area contributed by atoms with Crippen LogP contribution in [0.2, 0.25) is 10.0 Å². The minimum absolute atomic E-state index is 0.121. The van der Waals surface area contributed by atoms with Crippen molar-refractivity contribution < 1.29 is 9.72 Å². The zero-order valence-electron chi connectivity index (χ0n) is 10.6. The van der Waals surface area contributed by atoms with Crippen LogP contribution in [0.5, 0.6) is 0 Å². The number of ketones is 1. The van der Waals surface area contributed by atoms with Crippen LogP contribution in [0.3, 0.4) is 0 Å². The smallest absolute Gasteiger partial charge is 0.270 e. The molecule has 2 rings (SSSR count). The van der Waals surface area contributed by atoms with Gasteiger partial charge in [0.05, 0.1) is 15.0 Å². The van der Waals surface area contributed by atoms with Crippen molar-refractivity contribution in [3.8, 4) is 0 Å². The summed E-state index contributed by atoms with van der Waals surface area (Å²) in [6, 6.07) is 10.5. The van der Waals surface area contributed by atoms with Gasteiger partial charge in [0.25, 0.3) is 5.69 Å². The summed E-state index contributed by atoms with van der Waals surface area (Å²) in [6.07, 6.45) is 2.90. The largest absolute Gasteiger partial charge is 0.289 e. The molecule has 0 fully saturated rings. The van der Waals surface area contributed by atoms with Gasteiger partial charge in [0, 0.05) is 17.7 Å². The number of hydrogen-bond acceptors (Lipinski definition) is 3. The molecule has 6 heteroatoms. The van der Waals surface area contributed by atoms with Crippen LogP contribution in [-0.4, -0.2) is 10.7 Å². The predicted molar refractivity (Wildman–Crippen MR) is 82.9 cm³/mol. The number of benzene rings is 2. The van der Waals surface area contributed by atoms with E-state index in [1.54, 1.807) is 24.3 Å². The summed E-state index contributed by atoms with van der Waals surface area (Å²) in [5.41, 5.74) is 0.840. The quantitative estimate of drug-likeness (QED) is 0.352. The van der Waals surface area contributed by atoms with Gasteiger partial charge in [-0.1, -0.05) is 47.5 Å². The lowest BCUT2D eigenvalue weighted by Crippen LogP contribution is -1.96. The fourth-order valence-corrected chi connectivity index (χ4v) is 1.96. The summed E-state index contributed by atoms with van der Waals surface area (Å²) in [5.74, 6) is -0.329. The Balaban J connectivity index is 2.20. The Morgan fingerprint density at radius 3 is 2.52 bits per heavy atom. The lowest BCUT2D eigenvalue weighted by molar-refractivity contribution is -0.384. The Morgan fingerprint density at radius 1 is 1.10 bits per heavy atom. The Morgan fingerprint density at radius 2 is 1.86 bits per heavy atom. The highest BCUT2D eigenvalue weighted by molar-refractivity contribution is 6.42. The van der Waals surface area contributed by atoms with Crippen LogP contribution in [0.1, 0.15) is 15.9 Å². The Hall–Kier alpha value is -2.17. The van der Waals surface area contributed by atoms with E-state index in [4.69, 9.17) is 23.2 Å². The molecule has 0 bridgehead atoms. The van der Waals surface area contributed by atoms with Gasteiger partial charge in [0.15, 0.2) is 5.78 Å². The molecule has 0 amide bonds. The van der Waals surface area contributed by atoms with E-state index in [2.05, 4.69) is 0 Å². The molecule has 4 nitrogen and oxygen atoms in total. The van der Waals surface area contributed by atoms with Gasteiger partial charge in [-0.05, 0) is 23.8 Å². The average Bonchev–Trinajstić information content (AvgIpc) is 2.48. The molecule has 0 atom stereocenters. The number of halogens is 2. The van der Waals surface area contributed by atoms with E-state index in [-0.39, 0.29) is 17.0 Å².